The van der Waals surface area contributed by atoms with Crippen LogP contribution in [-0.2, 0) is 15.0 Å². The predicted octanol–water partition coefficient (Wildman–Crippen LogP) is 5.48. The molecule has 4 heteroatoms. The number of ether oxygens (including phenoxy) is 1. The van der Waals surface area contributed by atoms with Crippen molar-refractivity contribution in [2.24, 2.45) is 17.8 Å². The molecule has 3 atom stereocenters. The third-order valence-corrected chi connectivity index (χ3v) is 5.92. The molecule has 0 aromatic heterocycles. The monoisotopic (exact) mass is 389 g/mol. The fraction of sp³-hybridized carbons (Fsp3) is 0.360. The van der Waals surface area contributed by atoms with E-state index in [0.29, 0.717) is 17.9 Å². The van der Waals surface area contributed by atoms with E-state index in [1.807, 2.05) is 31.2 Å². The highest BCUT2D eigenvalue weighted by Crippen LogP contribution is 2.40. The first kappa shape index (κ1) is 19.4. The van der Waals surface area contributed by atoms with E-state index in [-0.39, 0.29) is 35.0 Å². The van der Waals surface area contributed by atoms with Crippen LogP contribution < -0.4 is 9.64 Å². The molecular weight excluding hydrogens is 362 g/mol. The highest BCUT2D eigenvalue weighted by molar-refractivity contribution is 6.22. The Labute approximate surface area is 172 Å². The van der Waals surface area contributed by atoms with Crippen molar-refractivity contribution >= 4 is 17.5 Å². The van der Waals surface area contributed by atoms with Crippen molar-refractivity contribution in [2.75, 3.05) is 4.90 Å². The summed E-state index contributed by atoms with van der Waals surface area (Å²) in [5.74, 6) is 0.845. The van der Waals surface area contributed by atoms with E-state index >= 15 is 0 Å². The molecule has 0 spiro atoms. The minimum Gasteiger partial charge on any atom is -0.457 e. The molecule has 2 aromatic rings. The standard InChI is InChI=1S/C25H27NO3/c1-16-6-5-7-21-22(16)24(28)26(23(21)27)18-10-14-20(15-11-18)29-19-12-8-17(9-13-19)25(2,3)4/h5-6,8-16,21-22H,7H2,1-4H3/t16-,21-,22+/m1/s1. The van der Waals surface area contributed by atoms with E-state index in [4.69, 9.17) is 4.74 Å². The number of nitrogens with zero attached hydrogens (tertiary/aromatic N) is 1. The van der Waals surface area contributed by atoms with Gasteiger partial charge in [-0.1, -0.05) is 52.0 Å². The molecule has 1 fully saturated rings. The molecule has 0 N–H and O–H groups in total. The number of allylic oxidation sites excluding steroid dienone is 2. The SMILES string of the molecule is C[C@@H]1C=CC[C@H]2C(=O)N(c3ccc(Oc4ccc(C(C)(C)C)cc4)cc3)C(=O)[C@@H]12. The van der Waals surface area contributed by atoms with Crippen molar-refractivity contribution < 1.29 is 14.3 Å². The third-order valence-electron chi connectivity index (χ3n) is 5.92. The van der Waals surface area contributed by atoms with Gasteiger partial charge in [0.1, 0.15) is 11.5 Å². The number of carbonyl (C=O) groups is 2. The molecule has 1 saturated heterocycles. The average Bonchev–Trinajstić information content (AvgIpc) is 2.94. The summed E-state index contributed by atoms with van der Waals surface area (Å²) in [5.41, 5.74) is 1.95. The summed E-state index contributed by atoms with van der Waals surface area (Å²) < 4.78 is 5.93. The second-order valence-corrected chi connectivity index (χ2v) is 9.04. The van der Waals surface area contributed by atoms with Crippen LogP contribution in [0.3, 0.4) is 0 Å². The molecular formula is C25H27NO3. The number of rotatable bonds is 3. The summed E-state index contributed by atoms with van der Waals surface area (Å²) in [6, 6.07) is 15.2. The van der Waals surface area contributed by atoms with Crippen molar-refractivity contribution in [3.63, 3.8) is 0 Å². The van der Waals surface area contributed by atoms with Crippen LogP contribution >= 0.6 is 0 Å². The van der Waals surface area contributed by atoms with Crippen LogP contribution in [0, 0.1) is 17.8 Å². The van der Waals surface area contributed by atoms with Gasteiger partial charge in [0.2, 0.25) is 11.8 Å². The summed E-state index contributed by atoms with van der Waals surface area (Å²) in [6.07, 6.45) is 4.70. The maximum atomic E-state index is 12.9. The van der Waals surface area contributed by atoms with Gasteiger partial charge in [-0.3, -0.25) is 14.5 Å². The Kier molecular flexibility index (Phi) is 4.81. The Morgan fingerprint density at radius 3 is 2.03 bits per heavy atom. The van der Waals surface area contributed by atoms with Crippen molar-refractivity contribution in [1.82, 2.24) is 0 Å². The number of hydrogen-bond acceptors (Lipinski definition) is 3. The number of amides is 2. The van der Waals surface area contributed by atoms with Crippen LogP contribution in [0.4, 0.5) is 5.69 Å². The van der Waals surface area contributed by atoms with Crippen LogP contribution in [0.5, 0.6) is 11.5 Å². The lowest BCUT2D eigenvalue weighted by atomic mass is 9.78. The van der Waals surface area contributed by atoms with Gasteiger partial charge in [0, 0.05) is 0 Å². The Morgan fingerprint density at radius 1 is 0.897 bits per heavy atom. The number of carbonyl (C=O) groups excluding carboxylic acids is 2. The lowest BCUT2D eigenvalue weighted by Crippen LogP contribution is -2.31. The number of benzene rings is 2. The smallest absolute Gasteiger partial charge is 0.238 e. The van der Waals surface area contributed by atoms with Gasteiger partial charge in [-0.15, -0.1) is 0 Å². The lowest BCUT2D eigenvalue weighted by molar-refractivity contribution is -0.122. The topological polar surface area (TPSA) is 46.6 Å². The molecule has 0 unspecified atom stereocenters. The Morgan fingerprint density at radius 2 is 1.48 bits per heavy atom. The zero-order chi connectivity index (χ0) is 20.8. The van der Waals surface area contributed by atoms with Gasteiger partial charge < -0.3 is 4.74 Å². The molecule has 4 rings (SSSR count). The molecule has 0 saturated carbocycles. The Balaban J connectivity index is 1.50. The third kappa shape index (κ3) is 3.59. The van der Waals surface area contributed by atoms with Crippen LogP contribution in [0.1, 0.15) is 39.7 Å². The van der Waals surface area contributed by atoms with Crippen molar-refractivity contribution in [3.8, 4) is 11.5 Å². The van der Waals surface area contributed by atoms with Crippen LogP contribution in [0.15, 0.2) is 60.7 Å². The molecule has 29 heavy (non-hydrogen) atoms. The van der Waals surface area contributed by atoms with Gasteiger partial charge in [0.15, 0.2) is 0 Å². The number of hydrogen-bond donors (Lipinski definition) is 0. The molecule has 2 aromatic carbocycles. The van der Waals surface area contributed by atoms with E-state index < -0.39 is 0 Å². The van der Waals surface area contributed by atoms with Crippen molar-refractivity contribution in [2.45, 2.75) is 39.5 Å². The summed E-state index contributed by atoms with van der Waals surface area (Å²) in [7, 11) is 0. The summed E-state index contributed by atoms with van der Waals surface area (Å²) in [4.78, 5) is 27.1. The zero-order valence-electron chi connectivity index (χ0n) is 17.4. The zero-order valence-corrected chi connectivity index (χ0v) is 17.4. The number of anilines is 1. The normalized spacial score (nSPS) is 24.0. The quantitative estimate of drug-likeness (QED) is 0.516. The van der Waals surface area contributed by atoms with Gasteiger partial charge in [-0.05, 0) is 59.7 Å². The molecule has 2 aliphatic rings. The maximum Gasteiger partial charge on any atom is 0.238 e. The summed E-state index contributed by atoms with van der Waals surface area (Å²) in [6.45, 7) is 8.53. The first-order chi connectivity index (χ1) is 13.8. The first-order valence-electron chi connectivity index (χ1n) is 10.2. The van der Waals surface area contributed by atoms with E-state index in [0.717, 1.165) is 5.75 Å². The molecule has 1 heterocycles. The van der Waals surface area contributed by atoms with Crippen LogP contribution in [0.2, 0.25) is 0 Å². The Bertz CT molecular complexity index is 951. The molecule has 1 aliphatic heterocycles. The van der Waals surface area contributed by atoms with Gasteiger partial charge in [0.25, 0.3) is 0 Å². The minimum absolute atomic E-state index is 0.0916. The summed E-state index contributed by atoms with van der Waals surface area (Å²) in [5, 5.41) is 0. The largest absolute Gasteiger partial charge is 0.457 e. The van der Waals surface area contributed by atoms with Gasteiger partial charge >= 0.3 is 0 Å². The molecule has 150 valence electrons. The van der Waals surface area contributed by atoms with Gasteiger partial charge in [0.05, 0.1) is 17.5 Å². The van der Waals surface area contributed by atoms with E-state index in [1.54, 1.807) is 24.3 Å². The molecule has 4 nitrogen and oxygen atoms in total. The predicted molar refractivity (Wildman–Crippen MR) is 114 cm³/mol. The number of imide groups is 1. The van der Waals surface area contributed by atoms with E-state index in [2.05, 4.69) is 32.9 Å². The average molecular weight is 389 g/mol. The van der Waals surface area contributed by atoms with Gasteiger partial charge in [-0.2, -0.15) is 0 Å². The van der Waals surface area contributed by atoms with Crippen LogP contribution in [-0.4, -0.2) is 11.8 Å². The second-order valence-electron chi connectivity index (χ2n) is 9.04. The van der Waals surface area contributed by atoms with Gasteiger partial charge in [-0.25, -0.2) is 0 Å². The molecule has 1 aliphatic carbocycles. The first-order valence-corrected chi connectivity index (χ1v) is 10.2. The second kappa shape index (κ2) is 7.18. The molecule has 0 radical (unpaired) electrons. The Hall–Kier alpha value is -2.88. The molecule has 2 amide bonds. The van der Waals surface area contributed by atoms with E-state index in [1.165, 1.54) is 10.5 Å². The summed E-state index contributed by atoms with van der Waals surface area (Å²) >= 11 is 0. The van der Waals surface area contributed by atoms with E-state index in [9.17, 15) is 9.59 Å². The maximum absolute atomic E-state index is 12.9. The van der Waals surface area contributed by atoms with Crippen LogP contribution in [0.25, 0.3) is 0 Å². The fourth-order valence-corrected chi connectivity index (χ4v) is 4.22. The lowest BCUT2D eigenvalue weighted by Gasteiger charge is -2.22. The highest BCUT2D eigenvalue weighted by Gasteiger charge is 2.50. The number of fused-ring (bicyclic) bond motifs is 1. The fourth-order valence-electron chi connectivity index (χ4n) is 4.22. The highest BCUT2D eigenvalue weighted by atomic mass is 16.5. The minimum atomic E-state index is -0.246. The van der Waals surface area contributed by atoms with Crippen molar-refractivity contribution in [3.05, 3.63) is 66.2 Å². The van der Waals surface area contributed by atoms with Crippen molar-refractivity contribution in [1.29, 1.82) is 0 Å². The molecule has 0 bridgehead atoms.